The molecule has 1 aromatic carbocycles. The number of amides is 1. The fraction of sp³-hybridized carbons (Fsp3) is 0.278. The lowest BCUT2D eigenvalue weighted by molar-refractivity contribution is -0.384. The minimum atomic E-state index is -0.434. The summed E-state index contributed by atoms with van der Waals surface area (Å²) in [5.41, 5.74) is 1.64. The average Bonchev–Trinajstić information content (AvgIpc) is 3.09. The molecule has 0 saturated heterocycles. The van der Waals surface area contributed by atoms with Crippen LogP contribution in [0.2, 0.25) is 0 Å². The molecule has 0 spiro atoms. The number of anilines is 1. The summed E-state index contributed by atoms with van der Waals surface area (Å²) >= 11 is 0. The van der Waals surface area contributed by atoms with Gasteiger partial charge in [-0.25, -0.2) is 0 Å². The molecule has 3 rings (SSSR count). The second-order valence-electron chi connectivity index (χ2n) is 5.98. The predicted octanol–water partition coefficient (Wildman–Crippen LogP) is 2.19. The van der Waals surface area contributed by atoms with Crippen LogP contribution in [0.15, 0.2) is 48.7 Å². The Labute approximate surface area is 155 Å². The van der Waals surface area contributed by atoms with Crippen LogP contribution in [-0.4, -0.2) is 38.5 Å². The van der Waals surface area contributed by atoms with Crippen LogP contribution in [0.1, 0.15) is 18.7 Å². The summed E-state index contributed by atoms with van der Waals surface area (Å²) in [7, 11) is 0. The zero-order valence-corrected chi connectivity index (χ0v) is 14.7. The number of benzene rings is 1. The van der Waals surface area contributed by atoms with Crippen molar-refractivity contribution < 1.29 is 9.72 Å². The van der Waals surface area contributed by atoms with Crippen molar-refractivity contribution in [3.63, 3.8) is 0 Å². The average molecular weight is 368 g/mol. The van der Waals surface area contributed by atoms with Gasteiger partial charge in [0.05, 0.1) is 4.92 Å². The summed E-state index contributed by atoms with van der Waals surface area (Å²) < 4.78 is 1.90. The Bertz CT molecular complexity index is 922. The highest BCUT2D eigenvalue weighted by molar-refractivity contribution is 5.75. The topological polar surface area (TPSA) is 114 Å². The Balaban J connectivity index is 1.33. The van der Waals surface area contributed by atoms with Crippen molar-refractivity contribution in [2.24, 2.45) is 0 Å². The maximum absolute atomic E-state index is 11.9. The number of hydrogen-bond donors (Lipinski definition) is 2. The number of nitro benzene ring substituents is 1. The first-order valence-corrected chi connectivity index (χ1v) is 8.67. The van der Waals surface area contributed by atoms with Crippen LogP contribution < -0.4 is 10.6 Å². The van der Waals surface area contributed by atoms with Gasteiger partial charge in [-0.05, 0) is 30.7 Å². The van der Waals surface area contributed by atoms with E-state index in [-0.39, 0.29) is 11.6 Å². The van der Waals surface area contributed by atoms with E-state index < -0.39 is 4.92 Å². The summed E-state index contributed by atoms with van der Waals surface area (Å²) in [5, 5.41) is 24.8. The zero-order valence-electron chi connectivity index (χ0n) is 14.7. The SMILES string of the molecule is O=C(CCCNc1ccc([N+](=O)[O-])cc1)NCCc1nnc2ccccn12. The molecule has 0 aliphatic heterocycles. The first-order chi connectivity index (χ1) is 13.1. The number of fused-ring (bicyclic) bond motifs is 1. The van der Waals surface area contributed by atoms with E-state index >= 15 is 0 Å². The van der Waals surface area contributed by atoms with E-state index in [1.807, 2.05) is 28.8 Å². The number of hydrogen-bond acceptors (Lipinski definition) is 6. The van der Waals surface area contributed by atoms with Gasteiger partial charge in [-0.1, -0.05) is 6.07 Å². The lowest BCUT2D eigenvalue weighted by Gasteiger charge is -2.07. The van der Waals surface area contributed by atoms with E-state index in [0.717, 1.165) is 17.2 Å². The molecule has 0 fully saturated rings. The molecule has 0 bridgehead atoms. The summed E-state index contributed by atoms with van der Waals surface area (Å²) in [4.78, 5) is 22.1. The van der Waals surface area contributed by atoms with E-state index in [4.69, 9.17) is 0 Å². The summed E-state index contributed by atoms with van der Waals surface area (Å²) in [6.07, 6.45) is 3.57. The van der Waals surface area contributed by atoms with Gasteiger partial charge < -0.3 is 10.6 Å². The van der Waals surface area contributed by atoms with E-state index in [9.17, 15) is 14.9 Å². The number of nitrogens with one attached hydrogen (secondary N) is 2. The molecule has 0 unspecified atom stereocenters. The molecular formula is C18H20N6O3. The Morgan fingerprint density at radius 3 is 2.70 bits per heavy atom. The third-order valence-electron chi connectivity index (χ3n) is 4.04. The van der Waals surface area contributed by atoms with Crippen LogP contribution in [-0.2, 0) is 11.2 Å². The number of aromatic nitrogens is 3. The summed E-state index contributed by atoms with van der Waals surface area (Å²) in [6.45, 7) is 1.12. The van der Waals surface area contributed by atoms with Gasteiger partial charge in [0.2, 0.25) is 5.91 Å². The number of nitrogens with zero attached hydrogens (tertiary/aromatic N) is 4. The molecule has 0 saturated carbocycles. The smallest absolute Gasteiger partial charge is 0.269 e. The fourth-order valence-electron chi connectivity index (χ4n) is 2.65. The molecule has 9 nitrogen and oxygen atoms in total. The number of carbonyl (C=O) groups is 1. The first kappa shape index (κ1) is 18.3. The van der Waals surface area contributed by atoms with Crippen molar-refractivity contribution in [2.45, 2.75) is 19.3 Å². The van der Waals surface area contributed by atoms with Gasteiger partial charge in [0.1, 0.15) is 5.82 Å². The van der Waals surface area contributed by atoms with E-state index in [2.05, 4.69) is 20.8 Å². The number of nitro groups is 1. The number of pyridine rings is 1. The molecule has 3 aromatic rings. The maximum atomic E-state index is 11.9. The van der Waals surface area contributed by atoms with Crippen molar-refractivity contribution in [3.8, 4) is 0 Å². The molecule has 0 aliphatic carbocycles. The van der Waals surface area contributed by atoms with Crippen LogP contribution in [0.4, 0.5) is 11.4 Å². The van der Waals surface area contributed by atoms with Gasteiger partial charge in [-0.2, -0.15) is 0 Å². The Kier molecular flexibility index (Phi) is 5.93. The van der Waals surface area contributed by atoms with Crippen LogP contribution in [0.5, 0.6) is 0 Å². The number of non-ortho nitro benzene ring substituents is 1. The van der Waals surface area contributed by atoms with Crippen LogP contribution in [0.25, 0.3) is 5.65 Å². The first-order valence-electron chi connectivity index (χ1n) is 8.67. The molecule has 2 aromatic heterocycles. The highest BCUT2D eigenvalue weighted by Gasteiger charge is 2.06. The Hall–Kier alpha value is -3.49. The van der Waals surface area contributed by atoms with E-state index in [1.54, 1.807) is 12.1 Å². The van der Waals surface area contributed by atoms with E-state index in [1.165, 1.54) is 12.1 Å². The van der Waals surface area contributed by atoms with Crippen molar-refractivity contribution in [2.75, 3.05) is 18.4 Å². The van der Waals surface area contributed by atoms with Crippen molar-refractivity contribution >= 4 is 22.9 Å². The van der Waals surface area contributed by atoms with Crippen LogP contribution >= 0.6 is 0 Å². The van der Waals surface area contributed by atoms with Gasteiger partial charge in [-0.3, -0.25) is 19.3 Å². The second kappa shape index (κ2) is 8.75. The highest BCUT2D eigenvalue weighted by Crippen LogP contribution is 2.15. The third kappa shape index (κ3) is 5.00. The Morgan fingerprint density at radius 2 is 1.93 bits per heavy atom. The highest BCUT2D eigenvalue weighted by atomic mass is 16.6. The van der Waals surface area contributed by atoms with Gasteiger partial charge >= 0.3 is 0 Å². The van der Waals surface area contributed by atoms with Gasteiger partial charge in [0.25, 0.3) is 5.69 Å². The predicted molar refractivity (Wildman–Crippen MR) is 101 cm³/mol. The summed E-state index contributed by atoms with van der Waals surface area (Å²) in [6, 6.07) is 11.9. The molecule has 2 heterocycles. The molecule has 0 atom stereocenters. The largest absolute Gasteiger partial charge is 0.385 e. The molecule has 1 amide bonds. The van der Waals surface area contributed by atoms with Crippen LogP contribution in [0.3, 0.4) is 0 Å². The number of rotatable bonds is 9. The lowest BCUT2D eigenvalue weighted by atomic mass is 10.2. The van der Waals surface area contributed by atoms with Crippen molar-refractivity contribution in [1.29, 1.82) is 0 Å². The molecule has 0 radical (unpaired) electrons. The summed E-state index contributed by atoms with van der Waals surface area (Å²) in [5.74, 6) is 0.792. The van der Waals surface area contributed by atoms with Gasteiger partial charge in [0, 0.05) is 49.9 Å². The Morgan fingerprint density at radius 1 is 1.11 bits per heavy atom. The molecule has 2 N–H and O–H groups in total. The fourth-order valence-corrected chi connectivity index (χ4v) is 2.65. The normalized spacial score (nSPS) is 10.7. The van der Waals surface area contributed by atoms with Crippen molar-refractivity contribution in [1.82, 2.24) is 19.9 Å². The third-order valence-corrected chi connectivity index (χ3v) is 4.04. The minimum absolute atomic E-state index is 0.0191. The quantitative estimate of drug-likeness (QED) is 0.340. The van der Waals surface area contributed by atoms with E-state index in [0.29, 0.717) is 32.4 Å². The van der Waals surface area contributed by atoms with Crippen molar-refractivity contribution in [3.05, 3.63) is 64.6 Å². The molecule has 27 heavy (non-hydrogen) atoms. The molecule has 140 valence electrons. The van der Waals surface area contributed by atoms with Gasteiger partial charge in [-0.15, -0.1) is 10.2 Å². The monoisotopic (exact) mass is 368 g/mol. The number of carbonyl (C=O) groups excluding carboxylic acids is 1. The minimum Gasteiger partial charge on any atom is -0.385 e. The zero-order chi connectivity index (χ0) is 19.1. The molecule has 9 heteroatoms. The molecular weight excluding hydrogens is 348 g/mol. The van der Waals surface area contributed by atoms with Gasteiger partial charge in [0.15, 0.2) is 5.65 Å². The standard InChI is InChI=1S/C18H20N6O3/c25-18(5-3-11-19-14-6-8-15(9-7-14)24(26)27)20-12-10-17-22-21-16-4-1-2-13-23(16)17/h1-2,4,6-9,13,19H,3,5,10-12H2,(H,20,25). The van der Waals surface area contributed by atoms with Crippen LogP contribution in [0, 0.1) is 10.1 Å². The molecule has 0 aliphatic rings. The lowest BCUT2D eigenvalue weighted by Crippen LogP contribution is -2.26. The second-order valence-corrected chi connectivity index (χ2v) is 5.98. The maximum Gasteiger partial charge on any atom is 0.269 e.